The molecule has 1 atom stereocenters. The van der Waals surface area contributed by atoms with Crippen molar-refractivity contribution in [3.05, 3.63) is 116 Å². The molecule has 4 nitrogen and oxygen atoms in total. The molecule has 0 bridgehead atoms. The van der Waals surface area contributed by atoms with Crippen LogP contribution in [0.25, 0.3) is 16.6 Å². The molecule has 1 aliphatic carbocycles. The first-order chi connectivity index (χ1) is 17.2. The number of hydrogen-bond donors (Lipinski definition) is 0. The lowest BCUT2D eigenvalue weighted by molar-refractivity contribution is -0.118. The van der Waals surface area contributed by atoms with Crippen LogP contribution >= 0.6 is 23.2 Å². The highest BCUT2D eigenvalue weighted by atomic mass is 35.5. The van der Waals surface area contributed by atoms with Crippen molar-refractivity contribution < 1.29 is 9.53 Å². The van der Waals surface area contributed by atoms with E-state index >= 15 is 0 Å². The van der Waals surface area contributed by atoms with Gasteiger partial charge >= 0.3 is 0 Å². The molecule has 0 radical (unpaired) electrons. The zero-order chi connectivity index (χ0) is 25.2. The maximum atomic E-state index is 14.1. The maximum absolute atomic E-state index is 14.1. The van der Waals surface area contributed by atoms with Crippen molar-refractivity contribution in [3.63, 3.8) is 0 Å². The second kappa shape index (κ2) is 8.36. The van der Waals surface area contributed by atoms with Gasteiger partial charge in [-0.3, -0.25) is 14.2 Å². The number of nitrogens with zero attached hydrogens (tertiary/aromatic N) is 1. The van der Waals surface area contributed by atoms with Crippen molar-refractivity contribution in [2.24, 2.45) is 5.41 Å². The van der Waals surface area contributed by atoms with Crippen LogP contribution in [0, 0.1) is 5.41 Å². The minimum atomic E-state index is -0.563. The molecule has 0 spiro atoms. The largest absolute Gasteiger partial charge is 0.444 e. The third-order valence-electron chi connectivity index (χ3n) is 7.02. The van der Waals surface area contributed by atoms with Crippen molar-refractivity contribution >= 4 is 39.9 Å². The standard InChI is InChI=1S/C30H23Cl2NO3/c1-30(2)15-23(34)26-24(16-30)36-29-27(25(26)17-8-10-18(31)11-9-17)28(35)21-13-12-19(32)14-22(21)33(29)20-6-4-3-5-7-20/h3-14,25H,15-16H2,1-2H3. The van der Waals surface area contributed by atoms with Crippen molar-refractivity contribution in [1.29, 1.82) is 0 Å². The van der Waals surface area contributed by atoms with E-state index in [1.54, 1.807) is 30.3 Å². The number of hydrogen-bond acceptors (Lipinski definition) is 3. The molecule has 0 N–H and O–H groups in total. The fraction of sp³-hybridized carbons (Fsp3) is 0.200. The molecule has 36 heavy (non-hydrogen) atoms. The summed E-state index contributed by atoms with van der Waals surface area (Å²) in [6.45, 7) is 4.13. The van der Waals surface area contributed by atoms with Crippen LogP contribution in [0.3, 0.4) is 0 Å². The normalized spacial score (nSPS) is 18.6. The summed E-state index contributed by atoms with van der Waals surface area (Å²) in [6, 6.07) is 22.3. The summed E-state index contributed by atoms with van der Waals surface area (Å²) in [6.07, 6.45) is 0.985. The molecule has 0 saturated carbocycles. The molecular weight excluding hydrogens is 493 g/mol. The lowest BCUT2D eigenvalue weighted by Gasteiger charge is -2.39. The predicted octanol–water partition coefficient (Wildman–Crippen LogP) is 7.47. The predicted molar refractivity (Wildman–Crippen MR) is 144 cm³/mol. The second-order valence-electron chi connectivity index (χ2n) is 10.2. The highest BCUT2D eigenvalue weighted by Crippen LogP contribution is 2.50. The van der Waals surface area contributed by atoms with Crippen LogP contribution in [0.5, 0.6) is 5.88 Å². The third kappa shape index (κ3) is 3.68. The molecule has 2 heterocycles. The Bertz CT molecular complexity index is 1630. The van der Waals surface area contributed by atoms with Gasteiger partial charge in [0.1, 0.15) is 5.76 Å². The lowest BCUT2D eigenvalue weighted by Crippen LogP contribution is -2.36. The number of fused-ring (bicyclic) bond motifs is 2. The molecule has 6 rings (SSSR count). The number of carbonyl (C=O) groups is 1. The van der Waals surface area contributed by atoms with E-state index in [-0.39, 0.29) is 16.6 Å². The average molecular weight is 516 g/mol. The van der Waals surface area contributed by atoms with Crippen molar-refractivity contribution in [1.82, 2.24) is 4.57 Å². The van der Waals surface area contributed by atoms with Gasteiger partial charge in [-0.15, -0.1) is 0 Å². The van der Waals surface area contributed by atoms with Crippen LogP contribution < -0.4 is 10.2 Å². The molecule has 180 valence electrons. The minimum Gasteiger partial charge on any atom is -0.444 e. The van der Waals surface area contributed by atoms with E-state index in [9.17, 15) is 9.59 Å². The van der Waals surface area contributed by atoms with Gasteiger partial charge in [-0.2, -0.15) is 0 Å². The lowest BCUT2D eigenvalue weighted by atomic mass is 9.70. The maximum Gasteiger partial charge on any atom is 0.212 e. The molecule has 1 aliphatic heterocycles. The van der Waals surface area contributed by atoms with Crippen LogP contribution in [-0.2, 0) is 4.79 Å². The fourth-order valence-corrected chi connectivity index (χ4v) is 5.78. The van der Waals surface area contributed by atoms with E-state index in [0.29, 0.717) is 56.6 Å². The van der Waals surface area contributed by atoms with E-state index in [1.165, 1.54) is 0 Å². The Morgan fingerprint density at radius 2 is 1.58 bits per heavy atom. The summed E-state index contributed by atoms with van der Waals surface area (Å²) in [5.74, 6) is 0.486. The Balaban J connectivity index is 1.76. The number of allylic oxidation sites excluding steroid dienone is 2. The first-order valence-corrected chi connectivity index (χ1v) is 12.6. The van der Waals surface area contributed by atoms with E-state index in [4.69, 9.17) is 27.9 Å². The number of Topliss-reactive ketones (excluding diaryl/α,β-unsaturated/α-hetero) is 1. The minimum absolute atomic E-state index is 0.00807. The topological polar surface area (TPSA) is 48.3 Å². The van der Waals surface area contributed by atoms with Crippen LogP contribution in [0.2, 0.25) is 10.0 Å². The number of pyridine rings is 1. The van der Waals surface area contributed by atoms with E-state index < -0.39 is 5.92 Å². The Morgan fingerprint density at radius 3 is 2.31 bits per heavy atom. The monoisotopic (exact) mass is 515 g/mol. The highest BCUT2D eigenvalue weighted by molar-refractivity contribution is 6.31. The third-order valence-corrected chi connectivity index (χ3v) is 7.50. The van der Waals surface area contributed by atoms with Gasteiger partial charge < -0.3 is 4.74 Å². The van der Waals surface area contributed by atoms with Crippen LogP contribution in [0.15, 0.2) is 88.9 Å². The molecule has 1 aromatic heterocycles. The summed E-state index contributed by atoms with van der Waals surface area (Å²) in [7, 11) is 0. The number of aromatic nitrogens is 1. The van der Waals surface area contributed by atoms with Gasteiger partial charge in [0.2, 0.25) is 5.88 Å². The molecule has 3 aromatic carbocycles. The van der Waals surface area contributed by atoms with Gasteiger partial charge in [0.15, 0.2) is 11.2 Å². The fourth-order valence-electron chi connectivity index (χ4n) is 5.48. The first kappa shape index (κ1) is 23.1. The molecule has 0 saturated heterocycles. The summed E-state index contributed by atoms with van der Waals surface area (Å²) in [5.41, 5.74) is 2.90. The van der Waals surface area contributed by atoms with Gasteiger partial charge in [0, 0.05) is 39.5 Å². The van der Waals surface area contributed by atoms with Gasteiger partial charge in [0.05, 0.1) is 17.0 Å². The Labute approximate surface area is 218 Å². The number of benzene rings is 3. The van der Waals surface area contributed by atoms with Crippen molar-refractivity contribution in [2.45, 2.75) is 32.6 Å². The van der Waals surface area contributed by atoms with Gasteiger partial charge in [-0.25, -0.2) is 0 Å². The zero-order valence-corrected chi connectivity index (χ0v) is 21.4. The van der Waals surface area contributed by atoms with Gasteiger partial charge in [-0.05, 0) is 53.4 Å². The van der Waals surface area contributed by atoms with Crippen molar-refractivity contribution in [2.75, 3.05) is 0 Å². The molecular formula is C30H23Cl2NO3. The molecule has 0 fully saturated rings. The zero-order valence-electron chi connectivity index (χ0n) is 19.8. The molecule has 2 aliphatic rings. The van der Waals surface area contributed by atoms with Crippen molar-refractivity contribution in [3.8, 4) is 11.6 Å². The molecule has 1 unspecified atom stereocenters. The Morgan fingerprint density at radius 1 is 0.889 bits per heavy atom. The number of carbonyl (C=O) groups excluding carboxylic acids is 1. The van der Waals surface area contributed by atoms with Crippen LogP contribution in [0.4, 0.5) is 0 Å². The van der Waals surface area contributed by atoms with Crippen LogP contribution in [0.1, 0.15) is 43.7 Å². The SMILES string of the molecule is CC1(C)CC(=O)C2=C(C1)Oc1c(c(=O)c3ccc(Cl)cc3n1-c1ccccc1)C2c1ccc(Cl)cc1. The smallest absolute Gasteiger partial charge is 0.212 e. The first-order valence-electron chi connectivity index (χ1n) is 11.9. The number of ketones is 1. The highest BCUT2D eigenvalue weighted by Gasteiger charge is 2.44. The second-order valence-corrected chi connectivity index (χ2v) is 11.1. The average Bonchev–Trinajstić information content (AvgIpc) is 2.83. The van der Waals surface area contributed by atoms with E-state index in [1.807, 2.05) is 47.0 Å². The van der Waals surface area contributed by atoms with E-state index in [2.05, 4.69) is 13.8 Å². The molecule has 6 heteroatoms. The number of halogens is 2. The summed E-state index contributed by atoms with van der Waals surface area (Å²) in [4.78, 5) is 27.7. The summed E-state index contributed by atoms with van der Waals surface area (Å²) in [5, 5.41) is 1.62. The quantitative estimate of drug-likeness (QED) is 0.278. The van der Waals surface area contributed by atoms with Gasteiger partial charge in [0.25, 0.3) is 0 Å². The van der Waals surface area contributed by atoms with E-state index in [0.717, 1.165) is 11.3 Å². The Kier molecular flexibility index (Phi) is 5.36. The van der Waals surface area contributed by atoms with Gasteiger partial charge in [-0.1, -0.05) is 67.4 Å². The summed E-state index contributed by atoms with van der Waals surface area (Å²) >= 11 is 12.6. The summed E-state index contributed by atoms with van der Waals surface area (Å²) < 4.78 is 8.53. The number of rotatable bonds is 2. The van der Waals surface area contributed by atoms with Crippen LogP contribution in [-0.4, -0.2) is 10.4 Å². The molecule has 0 amide bonds. The molecule has 4 aromatic rings. The number of para-hydroxylation sites is 1. The Hall–Kier alpha value is -3.34. The number of ether oxygens (including phenoxy) is 1.